The van der Waals surface area contributed by atoms with Crippen LogP contribution in [0.5, 0.6) is 0 Å². The van der Waals surface area contributed by atoms with E-state index in [0.717, 1.165) is 22.6 Å². The quantitative estimate of drug-likeness (QED) is 0.911. The first-order chi connectivity index (χ1) is 10.5. The third-order valence-electron chi connectivity index (χ3n) is 3.86. The predicted molar refractivity (Wildman–Crippen MR) is 87.0 cm³/mol. The van der Waals surface area contributed by atoms with Gasteiger partial charge in [-0.3, -0.25) is 4.79 Å². The average Bonchev–Trinajstić information content (AvgIpc) is 3.04. The molecule has 3 rings (SSSR count). The van der Waals surface area contributed by atoms with Crippen LogP contribution < -0.4 is 5.32 Å². The Balaban J connectivity index is 1.73. The lowest BCUT2D eigenvalue weighted by atomic mass is 10.1. The van der Waals surface area contributed by atoms with Gasteiger partial charge in [0.25, 0.3) is 5.91 Å². The number of rotatable bonds is 4. The van der Waals surface area contributed by atoms with E-state index in [-0.39, 0.29) is 11.9 Å². The summed E-state index contributed by atoms with van der Waals surface area (Å²) in [6.07, 6.45) is 0.888. The molecule has 0 radical (unpaired) electrons. The second-order valence-corrected chi connectivity index (χ2v) is 7.09. The monoisotopic (exact) mass is 316 g/mol. The van der Waals surface area contributed by atoms with Gasteiger partial charge in [0.1, 0.15) is 5.69 Å². The van der Waals surface area contributed by atoms with E-state index >= 15 is 0 Å². The highest BCUT2D eigenvalue weighted by Crippen LogP contribution is 2.31. The third kappa shape index (κ3) is 3.05. The summed E-state index contributed by atoms with van der Waals surface area (Å²) in [5, 5.41) is 15.9. The molecule has 0 aliphatic heterocycles. The van der Waals surface area contributed by atoms with Gasteiger partial charge in [0.05, 0.1) is 17.2 Å². The van der Waals surface area contributed by atoms with E-state index in [1.54, 1.807) is 5.38 Å². The zero-order chi connectivity index (χ0) is 15.7. The zero-order valence-electron chi connectivity index (χ0n) is 12.7. The number of carbonyl (C=O) groups is 1. The topological polar surface area (TPSA) is 62.2 Å². The highest BCUT2D eigenvalue weighted by Gasteiger charge is 2.32. The second kappa shape index (κ2) is 6.18. The van der Waals surface area contributed by atoms with Crippen molar-refractivity contribution in [3.05, 3.63) is 51.5 Å². The van der Waals surface area contributed by atoms with E-state index in [2.05, 4.69) is 24.1 Å². The molecule has 1 aromatic heterocycles. The minimum absolute atomic E-state index is 0.216. The van der Waals surface area contributed by atoms with Gasteiger partial charge >= 0.3 is 0 Å². The van der Waals surface area contributed by atoms with Gasteiger partial charge < -0.3 is 10.4 Å². The number of thiazole rings is 1. The van der Waals surface area contributed by atoms with Gasteiger partial charge in [-0.15, -0.1) is 11.3 Å². The molecule has 2 atom stereocenters. The van der Waals surface area contributed by atoms with Crippen molar-refractivity contribution in [3.8, 4) is 0 Å². The van der Waals surface area contributed by atoms with Crippen molar-refractivity contribution in [1.82, 2.24) is 10.3 Å². The Labute approximate surface area is 134 Å². The van der Waals surface area contributed by atoms with Crippen LogP contribution in [0.2, 0.25) is 0 Å². The summed E-state index contributed by atoms with van der Waals surface area (Å²) in [7, 11) is 0. The highest BCUT2D eigenvalue weighted by atomic mass is 32.1. The van der Waals surface area contributed by atoms with Gasteiger partial charge in [-0.2, -0.15) is 0 Å². The smallest absolute Gasteiger partial charge is 0.271 e. The van der Waals surface area contributed by atoms with E-state index < -0.39 is 6.10 Å². The number of carbonyl (C=O) groups excluding carboxylic acids is 1. The minimum Gasteiger partial charge on any atom is -0.390 e. The third-order valence-corrected chi connectivity index (χ3v) is 4.73. The molecular weight excluding hydrogens is 296 g/mol. The Morgan fingerprint density at radius 2 is 2.23 bits per heavy atom. The zero-order valence-corrected chi connectivity index (χ0v) is 13.6. The number of hydrogen-bond acceptors (Lipinski definition) is 4. The molecule has 1 amide bonds. The van der Waals surface area contributed by atoms with Crippen molar-refractivity contribution < 1.29 is 9.90 Å². The lowest BCUT2D eigenvalue weighted by Gasteiger charge is -2.17. The van der Waals surface area contributed by atoms with Crippen LogP contribution in [-0.2, 0) is 12.8 Å². The molecule has 2 aromatic rings. The molecule has 1 aromatic carbocycles. The molecule has 1 heterocycles. The maximum Gasteiger partial charge on any atom is 0.271 e. The first kappa shape index (κ1) is 15.2. The highest BCUT2D eigenvalue weighted by molar-refractivity contribution is 7.09. The molecule has 22 heavy (non-hydrogen) atoms. The van der Waals surface area contributed by atoms with Gasteiger partial charge in [0, 0.05) is 18.2 Å². The molecule has 2 N–H and O–H groups in total. The van der Waals surface area contributed by atoms with Crippen LogP contribution in [-0.4, -0.2) is 22.1 Å². The lowest BCUT2D eigenvalue weighted by molar-refractivity contribution is 0.0854. The van der Waals surface area contributed by atoms with Crippen molar-refractivity contribution in [2.75, 3.05) is 0 Å². The molecule has 116 valence electrons. The molecule has 4 nitrogen and oxygen atoms in total. The Hall–Kier alpha value is -1.72. The van der Waals surface area contributed by atoms with E-state index in [1.807, 2.05) is 24.3 Å². The summed E-state index contributed by atoms with van der Waals surface area (Å²) in [5.74, 6) is 0.303. The predicted octanol–water partition coefficient (Wildman–Crippen LogP) is 2.73. The van der Waals surface area contributed by atoms with Gasteiger partial charge in [0.2, 0.25) is 0 Å². The molecule has 0 unspecified atom stereocenters. The molecule has 5 heteroatoms. The normalized spacial score (nSPS) is 20.2. The molecule has 0 spiro atoms. The van der Waals surface area contributed by atoms with Gasteiger partial charge in [-0.25, -0.2) is 4.98 Å². The summed E-state index contributed by atoms with van der Waals surface area (Å²) >= 11 is 1.52. The standard InChI is InChI=1S/C17H20N2O2S/c1-10(2)7-15-18-13(9-22-15)17(21)19-16-12-6-4-3-5-11(12)8-14(16)20/h3-6,9-10,14,16,20H,7-8H2,1-2H3,(H,19,21)/t14-,16+/m1/s1. The molecule has 1 aliphatic rings. The number of benzene rings is 1. The van der Waals surface area contributed by atoms with E-state index in [9.17, 15) is 9.90 Å². The number of aliphatic hydroxyl groups is 1. The number of amides is 1. The molecule has 0 bridgehead atoms. The van der Waals surface area contributed by atoms with Crippen LogP contribution in [0, 0.1) is 5.92 Å². The molecule has 0 fully saturated rings. The van der Waals surface area contributed by atoms with Crippen molar-refractivity contribution in [2.45, 2.75) is 38.8 Å². The fraction of sp³-hybridized carbons (Fsp3) is 0.412. The summed E-state index contributed by atoms with van der Waals surface area (Å²) in [6, 6.07) is 7.49. The number of hydrogen-bond donors (Lipinski definition) is 2. The van der Waals surface area contributed by atoms with Crippen molar-refractivity contribution in [2.24, 2.45) is 5.92 Å². The first-order valence-electron chi connectivity index (χ1n) is 7.55. The Morgan fingerprint density at radius 3 is 3.00 bits per heavy atom. The van der Waals surface area contributed by atoms with Crippen LogP contribution >= 0.6 is 11.3 Å². The summed E-state index contributed by atoms with van der Waals surface area (Å²) in [6.45, 7) is 4.26. The van der Waals surface area contributed by atoms with Crippen LogP contribution in [0.4, 0.5) is 0 Å². The fourth-order valence-corrected chi connectivity index (χ4v) is 3.81. The van der Waals surface area contributed by atoms with E-state index in [1.165, 1.54) is 11.3 Å². The second-order valence-electron chi connectivity index (χ2n) is 6.15. The van der Waals surface area contributed by atoms with E-state index in [0.29, 0.717) is 18.0 Å². The first-order valence-corrected chi connectivity index (χ1v) is 8.43. The number of nitrogens with zero attached hydrogens (tertiary/aromatic N) is 1. The van der Waals surface area contributed by atoms with Crippen molar-refractivity contribution >= 4 is 17.2 Å². The molecule has 1 aliphatic carbocycles. The summed E-state index contributed by atoms with van der Waals surface area (Å²) < 4.78 is 0. The van der Waals surface area contributed by atoms with Crippen LogP contribution in [0.3, 0.4) is 0 Å². The van der Waals surface area contributed by atoms with Gasteiger partial charge in [-0.1, -0.05) is 38.1 Å². The molecule has 0 saturated carbocycles. The summed E-state index contributed by atoms with van der Waals surface area (Å²) in [4.78, 5) is 16.8. The fourth-order valence-electron chi connectivity index (χ4n) is 2.82. The number of aromatic nitrogens is 1. The maximum absolute atomic E-state index is 12.4. The van der Waals surface area contributed by atoms with Gasteiger partial charge in [-0.05, 0) is 17.0 Å². The lowest BCUT2D eigenvalue weighted by Crippen LogP contribution is -2.34. The van der Waals surface area contributed by atoms with Crippen molar-refractivity contribution in [1.29, 1.82) is 0 Å². The molecule has 0 saturated heterocycles. The maximum atomic E-state index is 12.4. The Kier molecular flexibility index (Phi) is 4.27. The van der Waals surface area contributed by atoms with Crippen molar-refractivity contribution in [3.63, 3.8) is 0 Å². The van der Waals surface area contributed by atoms with Crippen LogP contribution in [0.25, 0.3) is 0 Å². The SMILES string of the molecule is CC(C)Cc1nc(C(=O)N[C@H]2c3ccccc3C[C@H]2O)cs1. The van der Waals surface area contributed by atoms with E-state index in [4.69, 9.17) is 0 Å². The largest absolute Gasteiger partial charge is 0.390 e. The van der Waals surface area contributed by atoms with Crippen LogP contribution in [0.15, 0.2) is 29.6 Å². The molecular formula is C17H20N2O2S. The van der Waals surface area contributed by atoms with Gasteiger partial charge in [0.15, 0.2) is 0 Å². The number of aliphatic hydroxyl groups excluding tert-OH is 1. The number of fused-ring (bicyclic) bond motifs is 1. The number of nitrogens with one attached hydrogen (secondary N) is 1. The Morgan fingerprint density at radius 1 is 1.45 bits per heavy atom. The Bertz CT molecular complexity index is 681. The minimum atomic E-state index is -0.574. The van der Waals surface area contributed by atoms with Crippen LogP contribution in [0.1, 0.15) is 46.5 Å². The average molecular weight is 316 g/mol. The summed E-state index contributed by atoms with van der Waals surface area (Å²) in [5.41, 5.74) is 2.54.